The molecule has 0 aliphatic rings. The van der Waals surface area contributed by atoms with Crippen molar-refractivity contribution in [3.63, 3.8) is 0 Å². The predicted molar refractivity (Wildman–Crippen MR) is 195 cm³/mol. The second-order valence-electron chi connectivity index (χ2n) is 11.8. The van der Waals surface area contributed by atoms with E-state index in [0.29, 0.717) is 90.8 Å². The molecule has 6 N–H and O–H groups in total. The van der Waals surface area contributed by atoms with Crippen LogP contribution in [0.3, 0.4) is 0 Å². The van der Waals surface area contributed by atoms with Crippen LogP contribution in [0.1, 0.15) is 70.3 Å². The lowest BCUT2D eigenvalue weighted by atomic mass is 10.0. The summed E-state index contributed by atoms with van der Waals surface area (Å²) in [5, 5.41) is 15.7. The molecule has 0 aromatic heterocycles. The Kier molecular flexibility index (Phi) is 21.6. The summed E-state index contributed by atoms with van der Waals surface area (Å²) in [6.07, 6.45) is 4.40. The quantitative estimate of drug-likeness (QED) is 0.0531. The minimum absolute atomic E-state index is 0.124. The summed E-state index contributed by atoms with van der Waals surface area (Å²) < 4.78 is 10.7. The summed E-state index contributed by atoms with van der Waals surface area (Å²) >= 11 is 4.49. The van der Waals surface area contributed by atoms with Gasteiger partial charge in [0.15, 0.2) is 0 Å². The molecule has 5 amide bonds. The Labute approximate surface area is 299 Å². The molecular formula is C36H52N6O7S. The van der Waals surface area contributed by atoms with E-state index in [0.717, 1.165) is 16.3 Å². The van der Waals surface area contributed by atoms with Crippen LogP contribution in [0.15, 0.2) is 47.5 Å². The number of unbranched alkanes of at least 4 members (excludes halogenated alkanes) is 2. The van der Waals surface area contributed by atoms with E-state index in [2.05, 4.69) is 43.6 Å². The number of nitrogens with one attached hydrogen (secondary N) is 4. The fourth-order valence-electron chi connectivity index (χ4n) is 5.07. The number of carbonyl (C=O) groups is 5. The van der Waals surface area contributed by atoms with Gasteiger partial charge in [0.2, 0.25) is 29.5 Å². The van der Waals surface area contributed by atoms with Crippen molar-refractivity contribution in [2.24, 2.45) is 10.7 Å². The molecule has 0 saturated heterocycles. The maximum atomic E-state index is 13.2. The van der Waals surface area contributed by atoms with Gasteiger partial charge in [0.25, 0.3) is 0 Å². The number of nitrogens with two attached hydrogens (primary N) is 1. The summed E-state index contributed by atoms with van der Waals surface area (Å²) in [5.41, 5.74) is 6.29. The number of aliphatic imine (C=N–C) groups is 1. The molecule has 2 aromatic rings. The number of hydrogen-bond donors (Lipinski definition) is 5. The molecule has 0 fully saturated rings. The highest BCUT2D eigenvalue weighted by molar-refractivity contribution is 7.78. The van der Waals surface area contributed by atoms with Gasteiger partial charge in [0, 0.05) is 25.9 Å². The molecule has 14 heteroatoms. The first kappa shape index (κ1) is 41.9. The molecule has 2 aromatic carbocycles. The lowest BCUT2D eigenvalue weighted by molar-refractivity contribution is -0.129. The number of hydrogen-bond acceptors (Lipinski definition) is 9. The molecule has 0 spiro atoms. The largest absolute Gasteiger partial charge is 0.379 e. The number of nitrogens with zero attached hydrogens (tertiary/aromatic N) is 1. The SMILES string of the molecule is CCCC(=O)NC(CCCCNC(=O)C(CCCCNC(=O)CCOCCOCCN=C=S)NC(=O)Cc1ccc2ccccc2c1)C(N)=O. The molecule has 2 rings (SSSR count). The minimum atomic E-state index is -0.762. The van der Waals surface area contributed by atoms with Gasteiger partial charge < -0.3 is 36.5 Å². The van der Waals surface area contributed by atoms with Gasteiger partial charge in [-0.05, 0) is 73.5 Å². The third-order valence-electron chi connectivity index (χ3n) is 7.70. The smallest absolute Gasteiger partial charge is 0.242 e. The second-order valence-corrected chi connectivity index (χ2v) is 12.0. The third-order valence-corrected chi connectivity index (χ3v) is 7.83. The van der Waals surface area contributed by atoms with Gasteiger partial charge in [-0.1, -0.05) is 49.4 Å². The molecule has 13 nitrogen and oxygen atoms in total. The van der Waals surface area contributed by atoms with Gasteiger partial charge in [-0.25, -0.2) is 4.99 Å². The van der Waals surface area contributed by atoms with E-state index < -0.39 is 18.0 Å². The fourth-order valence-corrected chi connectivity index (χ4v) is 5.16. The van der Waals surface area contributed by atoms with Crippen molar-refractivity contribution >= 4 is 57.7 Å². The van der Waals surface area contributed by atoms with E-state index in [9.17, 15) is 24.0 Å². The maximum absolute atomic E-state index is 13.2. The lowest BCUT2D eigenvalue weighted by Crippen LogP contribution is -2.47. The van der Waals surface area contributed by atoms with Crippen molar-refractivity contribution in [1.29, 1.82) is 0 Å². The number of ether oxygens (including phenoxy) is 2. The van der Waals surface area contributed by atoms with E-state index in [1.807, 2.05) is 49.4 Å². The van der Waals surface area contributed by atoms with Crippen molar-refractivity contribution in [3.8, 4) is 0 Å². The summed E-state index contributed by atoms with van der Waals surface area (Å²) in [5.74, 6) is -1.53. The number of fused-ring (bicyclic) bond motifs is 1. The zero-order valence-corrected chi connectivity index (χ0v) is 29.8. The molecule has 50 heavy (non-hydrogen) atoms. The number of thiocarbonyl (C=S) groups is 1. The fraction of sp³-hybridized carbons (Fsp3) is 0.556. The molecule has 0 radical (unpaired) electrons. The first-order chi connectivity index (χ1) is 24.2. The second kappa shape index (κ2) is 25.7. The summed E-state index contributed by atoms with van der Waals surface area (Å²) in [6, 6.07) is 12.2. The van der Waals surface area contributed by atoms with Gasteiger partial charge in [-0.15, -0.1) is 0 Å². The van der Waals surface area contributed by atoms with Crippen molar-refractivity contribution in [1.82, 2.24) is 21.3 Å². The molecule has 2 atom stereocenters. The van der Waals surface area contributed by atoms with Crippen molar-refractivity contribution in [2.75, 3.05) is 46.1 Å². The minimum Gasteiger partial charge on any atom is -0.379 e. The van der Waals surface area contributed by atoms with Crippen LogP contribution in [0.2, 0.25) is 0 Å². The highest BCUT2D eigenvalue weighted by Gasteiger charge is 2.21. The number of amides is 5. The van der Waals surface area contributed by atoms with E-state index in [1.54, 1.807) is 0 Å². The third kappa shape index (κ3) is 18.5. The van der Waals surface area contributed by atoms with Crippen molar-refractivity contribution in [3.05, 3.63) is 48.0 Å². The number of benzene rings is 2. The van der Waals surface area contributed by atoms with Crippen LogP contribution >= 0.6 is 12.2 Å². The zero-order chi connectivity index (χ0) is 36.4. The van der Waals surface area contributed by atoms with Crippen LogP contribution < -0.4 is 27.0 Å². The van der Waals surface area contributed by atoms with Crippen LogP contribution in [0, 0.1) is 0 Å². The number of isothiocyanates is 1. The number of carbonyl (C=O) groups excluding carboxylic acids is 5. The summed E-state index contributed by atoms with van der Waals surface area (Å²) in [4.78, 5) is 65.8. The molecule has 274 valence electrons. The summed E-state index contributed by atoms with van der Waals surface area (Å²) in [6.45, 7) is 4.57. The van der Waals surface area contributed by atoms with Gasteiger partial charge in [-0.2, -0.15) is 0 Å². The molecule has 2 unspecified atom stereocenters. The van der Waals surface area contributed by atoms with E-state index in [-0.39, 0.29) is 43.1 Å². The number of primary amides is 1. The normalized spacial score (nSPS) is 11.9. The Hall–Kier alpha value is -4.23. The van der Waals surface area contributed by atoms with Crippen LogP contribution in [0.5, 0.6) is 0 Å². The highest BCUT2D eigenvalue weighted by Crippen LogP contribution is 2.16. The monoisotopic (exact) mass is 712 g/mol. The van der Waals surface area contributed by atoms with E-state index >= 15 is 0 Å². The topological polar surface area (TPSA) is 190 Å². The summed E-state index contributed by atoms with van der Waals surface area (Å²) in [7, 11) is 0. The lowest BCUT2D eigenvalue weighted by Gasteiger charge is -2.19. The first-order valence-corrected chi connectivity index (χ1v) is 17.7. The Balaban J connectivity index is 1.80. The van der Waals surface area contributed by atoms with Crippen LogP contribution in [-0.4, -0.2) is 92.8 Å². The molecule has 0 saturated carbocycles. The van der Waals surface area contributed by atoms with Gasteiger partial charge >= 0.3 is 0 Å². The average Bonchev–Trinajstić information content (AvgIpc) is 3.09. The van der Waals surface area contributed by atoms with Crippen molar-refractivity contribution in [2.45, 2.75) is 83.2 Å². The highest BCUT2D eigenvalue weighted by atomic mass is 32.1. The zero-order valence-electron chi connectivity index (χ0n) is 29.0. The Morgan fingerprint density at radius 2 is 1.44 bits per heavy atom. The molecular weight excluding hydrogens is 660 g/mol. The van der Waals surface area contributed by atoms with Crippen molar-refractivity contribution < 1.29 is 33.4 Å². The molecule has 0 bridgehead atoms. The van der Waals surface area contributed by atoms with Crippen LogP contribution in [0.4, 0.5) is 0 Å². The first-order valence-electron chi connectivity index (χ1n) is 17.3. The number of rotatable bonds is 27. The standard InChI is InChI=1S/C36H52N6O7S/c1-2-9-33(44)41-30(35(37)46)12-5-8-18-40-36(47)31(42-34(45)25-27-14-15-28-10-3-4-11-29(28)24-27)13-6-7-17-39-32(43)16-20-48-22-23-49-21-19-38-26-50/h3-4,10-11,14-15,24,30-31H,2,5-9,12-13,16-23,25H2,1H3,(H2,37,46)(H,39,43)(H,40,47)(H,41,44)(H,42,45). The van der Waals surface area contributed by atoms with Gasteiger partial charge in [-0.3, -0.25) is 24.0 Å². The molecule has 0 heterocycles. The van der Waals surface area contributed by atoms with Gasteiger partial charge in [0.05, 0.1) is 44.6 Å². The Bertz CT molecular complexity index is 1420. The Morgan fingerprint density at radius 1 is 0.780 bits per heavy atom. The maximum Gasteiger partial charge on any atom is 0.242 e. The molecule has 0 aliphatic heterocycles. The van der Waals surface area contributed by atoms with Crippen LogP contribution in [0.25, 0.3) is 10.8 Å². The van der Waals surface area contributed by atoms with Gasteiger partial charge in [0.1, 0.15) is 12.1 Å². The molecule has 0 aliphatic carbocycles. The average molecular weight is 713 g/mol. The van der Waals surface area contributed by atoms with E-state index in [1.165, 1.54) is 0 Å². The Morgan fingerprint density at radius 3 is 2.14 bits per heavy atom. The van der Waals surface area contributed by atoms with Crippen LogP contribution in [-0.2, 0) is 39.9 Å². The van der Waals surface area contributed by atoms with E-state index in [4.69, 9.17) is 15.2 Å². The predicted octanol–water partition coefficient (Wildman–Crippen LogP) is 2.74.